The second-order valence-electron chi connectivity index (χ2n) is 12.8. The Hall–Kier alpha value is -6.34. The highest BCUT2D eigenvalue weighted by Crippen LogP contribution is 2.29. The summed E-state index contributed by atoms with van der Waals surface area (Å²) in [6.07, 6.45) is 9.89. The Morgan fingerprint density at radius 3 is 1.46 bits per heavy atom. The van der Waals surface area contributed by atoms with Gasteiger partial charge in [-0.15, -0.1) is 0 Å². The van der Waals surface area contributed by atoms with E-state index < -0.39 is 40.0 Å². The molecule has 3 aromatic carbocycles. The number of halogens is 7. The molecule has 19 heteroatoms. The largest absolute Gasteiger partial charge is 0.505 e. The fourth-order valence-electron chi connectivity index (χ4n) is 5.89. The fourth-order valence-corrected chi connectivity index (χ4v) is 7.05. The molecule has 9 aromatic rings. The summed E-state index contributed by atoms with van der Waals surface area (Å²) < 4.78 is 53.2. The van der Waals surface area contributed by atoms with Crippen molar-refractivity contribution in [3.05, 3.63) is 175 Å². The van der Waals surface area contributed by atoms with E-state index >= 15 is 0 Å². The number of H-pyrrole nitrogens is 3. The molecule has 0 amide bonds. The molecule has 0 saturated carbocycles. The highest BCUT2D eigenvalue weighted by atomic mass is 79.9. The van der Waals surface area contributed by atoms with Crippen LogP contribution < -0.4 is 9.47 Å². The maximum atomic E-state index is 14.2. The van der Waals surface area contributed by atoms with E-state index in [4.69, 9.17) is 16.3 Å². The number of aromatic amines is 3. The van der Waals surface area contributed by atoms with Crippen LogP contribution in [0.25, 0.3) is 33.1 Å². The number of ketones is 2. The molecule has 9 rings (SSSR count). The van der Waals surface area contributed by atoms with Crippen molar-refractivity contribution in [2.45, 2.75) is 29.7 Å². The Labute approximate surface area is 414 Å². The molecule has 0 radical (unpaired) electrons. The fraction of sp³-hybridized carbons (Fsp3) is 0.125. The molecule has 0 fully saturated rings. The van der Waals surface area contributed by atoms with Crippen molar-refractivity contribution >= 4 is 109 Å². The monoisotopic (exact) mass is 1130 g/mol. The summed E-state index contributed by atoms with van der Waals surface area (Å²) in [5.41, 5.74) is 2.34. The van der Waals surface area contributed by atoms with Gasteiger partial charge in [-0.2, -0.15) is 0 Å². The van der Waals surface area contributed by atoms with Gasteiger partial charge in [0.2, 0.25) is 0 Å². The van der Waals surface area contributed by atoms with Gasteiger partial charge >= 0.3 is 0 Å². The summed E-state index contributed by atoms with van der Waals surface area (Å²) in [7, 11) is 2.68. The predicted molar refractivity (Wildman–Crippen MR) is 269 cm³/mol. The summed E-state index contributed by atoms with van der Waals surface area (Å²) in [4.78, 5) is 56.8. The molecule has 0 spiro atoms. The maximum Gasteiger partial charge on any atom is 0.255 e. The number of carbonyl (C=O) groups excluding carboxylic acids is 3. The first kappa shape index (κ1) is 56.8. The molecular weight excluding hydrogens is 1090 g/mol. The number of nitrogens with one attached hydrogen (secondary N) is 3. The second kappa shape index (κ2) is 25.5. The van der Waals surface area contributed by atoms with Gasteiger partial charge in [0, 0.05) is 77.9 Å². The average Bonchev–Trinajstić information content (AvgIpc) is 4.03. The zero-order chi connectivity index (χ0) is 45.4. The number of phenolic OH excluding ortho intramolecular Hbond substituents is 1. The molecule has 0 unspecified atom stereocenters. The number of hydrogen-bond donors (Lipinski definition) is 4. The number of ether oxygens (including phenoxy) is 2. The van der Waals surface area contributed by atoms with Gasteiger partial charge in [-0.3, -0.25) is 14.4 Å². The molecule has 0 atom stereocenters. The first-order valence-electron chi connectivity index (χ1n) is 18.0. The topological polar surface area (TPSA) is 176 Å². The molecule has 0 saturated heterocycles. The van der Waals surface area contributed by atoms with Crippen LogP contribution in [0.5, 0.6) is 17.2 Å². The van der Waals surface area contributed by atoms with Gasteiger partial charge < -0.3 is 29.5 Å². The van der Waals surface area contributed by atoms with Crippen LogP contribution in [0.2, 0.25) is 0 Å². The third-order valence-electron chi connectivity index (χ3n) is 8.90. The lowest BCUT2D eigenvalue weighted by molar-refractivity contribution is 0.102. The summed E-state index contributed by atoms with van der Waals surface area (Å²) in [5, 5.41) is 10.9. The van der Waals surface area contributed by atoms with Gasteiger partial charge in [0.05, 0.1) is 30.9 Å². The van der Waals surface area contributed by atoms with E-state index in [0.717, 1.165) is 24.5 Å². The van der Waals surface area contributed by atoms with Crippen molar-refractivity contribution in [2.24, 2.45) is 0 Å². The van der Waals surface area contributed by atoms with Gasteiger partial charge in [0.25, 0.3) is 5.24 Å². The van der Waals surface area contributed by atoms with Crippen LogP contribution in [-0.4, -0.2) is 66.0 Å². The van der Waals surface area contributed by atoms with Crippen LogP contribution in [0.3, 0.4) is 0 Å². The van der Waals surface area contributed by atoms with E-state index in [-0.39, 0.29) is 57.9 Å². The third kappa shape index (κ3) is 13.2. The van der Waals surface area contributed by atoms with E-state index in [0.29, 0.717) is 33.2 Å². The van der Waals surface area contributed by atoms with Crippen molar-refractivity contribution < 1.29 is 42.1 Å². The minimum atomic E-state index is -0.921. The Morgan fingerprint density at radius 2 is 0.985 bits per heavy atom. The molecule has 0 bridgehead atoms. The smallest absolute Gasteiger partial charge is 0.255 e. The number of phenols is 1. The molecule has 4 N–H and O–H groups in total. The second-order valence-corrected chi connectivity index (χ2v) is 15.9. The average molecular weight is 1130 g/mol. The van der Waals surface area contributed by atoms with E-state index in [1.165, 1.54) is 75.1 Å². The van der Waals surface area contributed by atoms with Crippen molar-refractivity contribution in [2.75, 3.05) is 14.2 Å². The van der Waals surface area contributed by atoms with E-state index in [2.05, 4.69) is 82.4 Å². The number of rotatable bonds is 7. The Bertz CT molecular complexity index is 3140. The number of aromatic nitrogens is 6. The molecule has 0 aliphatic rings. The van der Waals surface area contributed by atoms with Gasteiger partial charge in [0.15, 0.2) is 46.3 Å². The zero-order valence-electron chi connectivity index (χ0n) is 32.4. The molecule has 0 aliphatic heterocycles. The Morgan fingerprint density at radius 1 is 0.567 bits per heavy atom. The third-order valence-corrected chi connectivity index (χ3v) is 10.4. The SMILES string of the molecule is Brc1cnc2[nH]ccc2c1.C.C.C.C.COc1cccc(C(=O)Cl)c1F.COc1cccc(C(=O)c2c[nH]c3ncc(Br)cc23)c1F.O=C(c1cccc(O)c1F)c1c[nH]c2ncc(Br)cc12. The van der Waals surface area contributed by atoms with Crippen molar-refractivity contribution in [1.82, 2.24) is 29.9 Å². The lowest BCUT2D eigenvalue weighted by atomic mass is 10.0. The van der Waals surface area contributed by atoms with Crippen molar-refractivity contribution in [3.8, 4) is 17.2 Å². The van der Waals surface area contributed by atoms with Gasteiger partial charge in [-0.05, 0) is 120 Å². The van der Waals surface area contributed by atoms with Gasteiger partial charge in [-0.1, -0.05) is 47.9 Å². The standard InChI is InChI=1S/C15H10BrFN2O2.C14H8BrFN2O2.C8H6ClFO2.C7H5BrN2.4CH4/c1-21-12-4-2-3-9(13(12)17)14(20)11-7-19-15-10(11)5-8(16)6-18-15;15-7-4-9-10(6-18-14(9)17-5-7)13(20)8-2-1-3-11(19)12(8)16;1-12-6-4-2-3-5(7(6)10)8(9)11;8-6-3-5-1-2-9-7(5)10-4-6;;;;/h2-7H,1H3,(H,18,19);1-6,19H,(H,17,18);2-4H,1H3;1-4H,(H,9,10);4*1H4. The highest BCUT2D eigenvalue weighted by Gasteiger charge is 2.22. The quantitative estimate of drug-likeness (QED) is 0.0894. The van der Waals surface area contributed by atoms with Crippen molar-refractivity contribution in [1.29, 1.82) is 0 Å². The summed E-state index contributed by atoms with van der Waals surface area (Å²) in [6, 6.07) is 20.2. The molecule has 6 aromatic heterocycles. The summed E-state index contributed by atoms with van der Waals surface area (Å²) in [5.74, 6) is -3.73. The maximum absolute atomic E-state index is 14.2. The van der Waals surface area contributed by atoms with Gasteiger partial charge in [0.1, 0.15) is 16.9 Å². The van der Waals surface area contributed by atoms with E-state index in [9.17, 15) is 32.7 Å². The van der Waals surface area contributed by atoms with Crippen LogP contribution >= 0.6 is 59.4 Å². The Kier molecular flexibility index (Phi) is 21.6. The van der Waals surface area contributed by atoms with E-state index in [1.54, 1.807) is 36.8 Å². The number of benzene rings is 3. The number of hydrogen-bond acceptors (Lipinski definition) is 9. The van der Waals surface area contributed by atoms with Crippen molar-refractivity contribution in [3.63, 3.8) is 0 Å². The van der Waals surface area contributed by atoms with Crippen LogP contribution in [-0.2, 0) is 0 Å². The minimum Gasteiger partial charge on any atom is -0.505 e. The molecule has 6 heterocycles. The number of carbonyl (C=O) groups is 3. The number of fused-ring (bicyclic) bond motifs is 3. The molecule has 12 nitrogen and oxygen atoms in total. The van der Waals surface area contributed by atoms with Crippen LogP contribution in [0.1, 0.15) is 71.9 Å². The van der Waals surface area contributed by atoms with Gasteiger partial charge in [-0.25, -0.2) is 28.1 Å². The van der Waals surface area contributed by atoms with Crippen LogP contribution in [0.15, 0.2) is 129 Å². The van der Waals surface area contributed by atoms with Crippen LogP contribution in [0, 0.1) is 17.5 Å². The highest BCUT2D eigenvalue weighted by molar-refractivity contribution is 9.11. The predicted octanol–water partition coefficient (Wildman–Crippen LogP) is 14.2. The minimum absolute atomic E-state index is 0. The number of aromatic hydroxyl groups is 1. The lowest BCUT2D eigenvalue weighted by Gasteiger charge is -2.06. The molecule has 352 valence electrons. The Balaban J connectivity index is 0.000000313. The first-order valence-corrected chi connectivity index (χ1v) is 20.7. The molecule has 67 heavy (non-hydrogen) atoms. The summed E-state index contributed by atoms with van der Waals surface area (Å²) >= 11 is 15.0. The first-order chi connectivity index (χ1) is 30.2. The number of nitrogens with zero attached hydrogens (tertiary/aromatic N) is 3. The zero-order valence-corrected chi connectivity index (χ0v) is 38.0. The van der Waals surface area contributed by atoms with Crippen LogP contribution in [0.4, 0.5) is 13.2 Å². The number of pyridine rings is 3. The normalized spacial score (nSPS) is 9.93. The lowest BCUT2D eigenvalue weighted by Crippen LogP contribution is -2.05. The number of methoxy groups -OCH3 is 2. The molecular formula is C48H45Br3ClF3N6O6. The van der Waals surface area contributed by atoms with E-state index in [1.807, 2.05) is 18.3 Å². The summed E-state index contributed by atoms with van der Waals surface area (Å²) in [6.45, 7) is 0. The molecule has 0 aliphatic carbocycles.